The van der Waals surface area contributed by atoms with Gasteiger partial charge in [-0.3, -0.25) is 9.59 Å². The van der Waals surface area contributed by atoms with Gasteiger partial charge in [0.05, 0.1) is 18.8 Å². The van der Waals surface area contributed by atoms with Crippen LogP contribution in [0.25, 0.3) is 0 Å². The van der Waals surface area contributed by atoms with Crippen LogP contribution in [0.15, 0.2) is 48.5 Å². The molecule has 1 saturated heterocycles. The van der Waals surface area contributed by atoms with E-state index in [1.165, 1.54) is 12.0 Å². The van der Waals surface area contributed by atoms with Gasteiger partial charge in [0.15, 0.2) is 0 Å². The Bertz CT molecular complexity index is 866. The average Bonchev–Trinajstić information content (AvgIpc) is 2.69. The second kappa shape index (κ2) is 8.02. The zero-order chi connectivity index (χ0) is 20.3. The quantitative estimate of drug-likeness (QED) is 0.829. The predicted molar refractivity (Wildman–Crippen MR) is 104 cm³/mol. The van der Waals surface area contributed by atoms with Crippen molar-refractivity contribution in [2.75, 3.05) is 20.2 Å². The zero-order valence-corrected chi connectivity index (χ0v) is 16.1. The van der Waals surface area contributed by atoms with Crippen molar-refractivity contribution in [1.29, 1.82) is 0 Å². The van der Waals surface area contributed by atoms with E-state index in [0.29, 0.717) is 17.9 Å². The molecule has 1 aliphatic heterocycles. The lowest BCUT2D eigenvalue weighted by Gasteiger charge is -2.43. The van der Waals surface area contributed by atoms with Crippen LogP contribution in [-0.2, 0) is 11.2 Å². The van der Waals surface area contributed by atoms with Crippen molar-refractivity contribution in [3.05, 3.63) is 65.2 Å². The van der Waals surface area contributed by atoms with Crippen LogP contribution in [0.2, 0.25) is 0 Å². The fourth-order valence-corrected chi connectivity index (χ4v) is 3.83. The molecule has 0 radical (unpaired) electrons. The molecule has 148 valence electrons. The Labute approximate surface area is 164 Å². The standard InChI is InChI=1S/C22H25NO5/c1-15-8-9-18(28-2)17(12-15)20(25)23-11-10-19(24)22(14-23,21(26)27)13-16-6-4-3-5-7-16/h3-9,12,19,24H,10-11,13-14H2,1-2H3,(H,26,27)/t19-,22-/m1/s1. The van der Waals surface area contributed by atoms with E-state index in [9.17, 15) is 19.8 Å². The summed E-state index contributed by atoms with van der Waals surface area (Å²) in [6, 6.07) is 14.5. The minimum atomic E-state index is -1.45. The number of piperidine rings is 1. The van der Waals surface area contributed by atoms with E-state index in [4.69, 9.17) is 4.74 Å². The van der Waals surface area contributed by atoms with Gasteiger partial charge in [0.2, 0.25) is 0 Å². The average molecular weight is 383 g/mol. The largest absolute Gasteiger partial charge is 0.496 e. The summed E-state index contributed by atoms with van der Waals surface area (Å²) in [5.41, 5.74) is 0.672. The van der Waals surface area contributed by atoms with Gasteiger partial charge in [-0.2, -0.15) is 0 Å². The number of rotatable bonds is 5. The first-order valence-electron chi connectivity index (χ1n) is 9.26. The molecule has 0 aromatic heterocycles. The highest BCUT2D eigenvalue weighted by molar-refractivity contribution is 5.97. The fraction of sp³-hybridized carbons (Fsp3) is 0.364. The van der Waals surface area contributed by atoms with Crippen LogP contribution in [-0.4, -0.2) is 53.3 Å². The molecule has 0 spiro atoms. The van der Waals surface area contributed by atoms with Gasteiger partial charge in [-0.25, -0.2) is 0 Å². The normalized spacial score (nSPS) is 22.0. The lowest BCUT2D eigenvalue weighted by atomic mass is 9.72. The van der Waals surface area contributed by atoms with Gasteiger partial charge in [0.25, 0.3) is 5.91 Å². The third-order valence-corrected chi connectivity index (χ3v) is 5.44. The Kier molecular flexibility index (Phi) is 5.70. The maximum Gasteiger partial charge on any atom is 0.314 e. The number of nitrogens with zero attached hydrogens (tertiary/aromatic N) is 1. The summed E-state index contributed by atoms with van der Waals surface area (Å²) in [5, 5.41) is 20.6. The van der Waals surface area contributed by atoms with E-state index in [2.05, 4.69) is 0 Å². The van der Waals surface area contributed by atoms with Gasteiger partial charge in [0.1, 0.15) is 11.2 Å². The number of benzene rings is 2. The zero-order valence-electron chi connectivity index (χ0n) is 16.1. The van der Waals surface area contributed by atoms with E-state index in [0.717, 1.165) is 11.1 Å². The number of aliphatic carboxylic acids is 1. The summed E-state index contributed by atoms with van der Waals surface area (Å²) >= 11 is 0. The topological polar surface area (TPSA) is 87.1 Å². The van der Waals surface area contributed by atoms with Crippen molar-refractivity contribution in [3.63, 3.8) is 0 Å². The van der Waals surface area contributed by atoms with Crippen molar-refractivity contribution < 1.29 is 24.5 Å². The Morgan fingerprint density at radius 1 is 1.21 bits per heavy atom. The van der Waals surface area contributed by atoms with Gasteiger partial charge in [0, 0.05) is 13.1 Å². The van der Waals surface area contributed by atoms with Crippen LogP contribution in [0.1, 0.15) is 27.9 Å². The third-order valence-electron chi connectivity index (χ3n) is 5.44. The minimum absolute atomic E-state index is 0.0612. The van der Waals surface area contributed by atoms with Crippen LogP contribution in [0.3, 0.4) is 0 Å². The van der Waals surface area contributed by atoms with Crippen molar-refractivity contribution in [3.8, 4) is 5.75 Å². The molecular formula is C22H25NO5. The molecule has 0 bridgehead atoms. The Balaban J connectivity index is 1.93. The highest BCUT2D eigenvalue weighted by atomic mass is 16.5. The molecule has 3 rings (SSSR count). The summed E-state index contributed by atoms with van der Waals surface area (Å²) in [6.45, 7) is 2.11. The number of carbonyl (C=O) groups is 2. The SMILES string of the molecule is COc1ccc(C)cc1C(=O)N1CC[C@@H](O)[C@](Cc2ccccc2)(C(=O)O)C1. The molecule has 1 heterocycles. The predicted octanol–water partition coefficient (Wildman–Crippen LogP) is 2.52. The van der Waals surface area contributed by atoms with E-state index in [1.807, 2.05) is 43.3 Å². The number of carboxylic acids is 1. The van der Waals surface area contributed by atoms with E-state index in [1.54, 1.807) is 12.1 Å². The van der Waals surface area contributed by atoms with Crippen molar-refractivity contribution in [1.82, 2.24) is 4.90 Å². The molecular weight excluding hydrogens is 358 g/mol. The van der Waals surface area contributed by atoms with Gasteiger partial charge in [-0.1, -0.05) is 42.0 Å². The number of likely N-dealkylation sites (tertiary alicyclic amines) is 1. The maximum absolute atomic E-state index is 13.2. The monoisotopic (exact) mass is 383 g/mol. The summed E-state index contributed by atoms with van der Waals surface area (Å²) in [5.74, 6) is -0.936. The van der Waals surface area contributed by atoms with Crippen molar-refractivity contribution >= 4 is 11.9 Å². The highest BCUT2D eigenvalue weighted by Crippen LogP contribution is 2.36. The van der Waals surface area contributed by atoms with Crippen LogP contribution in [0.4, 0.5) is 0 Å². The van der Waals surface area contributed by atoms with Crippen molar-refractivity contribution in [2.45, 2.75) is 25.9 Å². The molecule has 2 aromatic carbocycles. The smallest absolute Gasteiger partial charge is 0.314 e. The Hall–Kier alpha value is -2.86. The second-order valence-electron chi connectivity index (χ2n) is 7.36. The number of hydrogen-bond donors (Lipinski definition) is 2. The number of amides is 1. The third kappa shape index (κ3) is 3.73. The van der Waals surface area contributed by atoms with E-state index in [-0.39, 0.29) is 25.3 Å². The van der Waals surface area contributed by atoms with Gasteiger partial charge < -0.3 is 19.8 Å². The second-order valence-corrected chi connectivity index (χ2v) is 7.36. The highest BCUT2D eigenvalue weighted by Gasteiger charge is 2.50. The number of methoxy groups -OCH3 is 1. The first-order chi connectivity index (χ1) is 13.4. The fourth-order valence-electron chi connectivity index (χ4n) is 3.83. The summed E-state index contributed by atoms with van der Waals surface area (Å²) in [7, 11) is 1.50. The molecule has 6 heteroatoms. The number of aliphatic hydroxyl groups excluding tert-OH is 1. The molecule has 0 saturated carbocycles. The Morgan fingerprint density at radius 3 is 2.57 bits per heavy atom. The first kappa shape index (κ1) is 19.9. The molecule has 2 N–H and O–H groups in total. The Morgan fingerprint density at radius 2 is 1.93 bits per heavy atom. The van der Waals surface area contributed by atoms with Crippen LogP contribution in [0, 0.1) is 12.3 Å². The lowest BCUT2D eigenvalue weighted by Crippen LogP contribution is -2.58. The van der Waals surface area contributed by atoms with Crippen LogP contribution >= 0.6 is 0 Å². The molecule has 1 amide bonds. The van der Waals surface area contributed by atoms with Gasteiger partial charge in [-0.05, 0) is 37.5 Å². The van der Waals surface area contributed by atoms with E-state index < -0.39 is 17.5 Å². The number of carbonyl (C=O) groups excluding carboxylic acids is 1. The van der Waals surface area contributed by atoms with Crippen molar-refractivity contribution in [2.24, 2.45) is 5.41 Å². The van der Waals surface area contributed by atoms with Gasteiger partial charge in [-0.15, -0.1) is 0 Å². The lowest BCUT2D eigenvalue weighted by molar-refractivity contribution is -0.161. The maximum atomic E-state index is 13.2. The first-order valence-corrected chi connectivity index (χ1v) is 9.26. The number of aryl methyl sites for hydroxylation is 1. The molecule has 2 atom stereocenters. The number of hydrogen-bond acceptors (Lipinski definition) is 4. The van der Waals surface area contributed by atoms with Crippen LogP contribution in [0.5, 0.6) is 5.75 Å². The van der Waals surface area contributed by atoms with Crippen LogP contribution < -0.4 is 4.74 Å². The summed E-state index contributed by atoms with van der Waals surface area (Å²) in [4.78, 5) is 26.9. The molecule has 2 aromatic rings. The molecule has 0 unspecified atom stereocenters. The summed E-state index contributed by atoms with van der Waals surface area (Å²) in [6.07, 6.45) is -0.674. The number of ether oxygens (including phenoxy) is 1. The van der Waals surface area contributed by atoms with E-state index >= 15 is 0 Å². The number of aliphatic hydroxyl groups is 1. The summed E-state index contributed by atoms with van der Waals surface area (Å²) < 4.78 is 5.32. The molecule has 1 fully saturated rings. The number of carboxylic acid groups (broad SMARTS) is 1. The van der Waals surface area contributed by atoms with Gasteiger partial charge >= 0.3 is 5.97 Å². The molecule has 28 heavy (non-hydrogen) atoms. The molecule has 1 aliphatic rings. The minimum Gasteiger partial charge on any atom is -0.496 e. The molecule has 0 aliphatic carbocycles. The molecule has 6 nitrogen and oxygen atoms in total.